The van der Waals surface area contributed by atoms with Crippen LogP contribution < -0.4 is 5.73 Å². The largest absolute Gasteiger partial charge is 0.387 e. The van der Waals surface area contributed by atoms with Gasteiger partial charge < -0.3 is 10.3 Å². The predicted molar refractivity (Wildman–Crippen MR) is 71.2 cm³/mol. The zero-order valence-corrected chi connectivity index (χ0v) is 11.4. The maximum absolute atomic E-state index is 7.50. The van der Waals surface area contributed by atoms with Crippen molar-refractivity contribution in [2.24, 2.45) is 11.1 Å². The van der Waals surface area contributed by atoms with Gasteiger partial charge in [-0.15, -0.1) is 0 Å². The van der Waals surface area contributed by atoms with Gasteiger partial charge in [0.2, 0.25) is 0 Å². The monoisotopic (exact) mass is 236 g/mol. The van der Waals surface area contributed by atoms with Crippen molar-refractivity contribution < 1.29 is 0 Å². The van der Waals surface area contributed by atoms with Gasteiger partial charge >= 0.3 is 0 Å². The van der Waals surface area contributed by atoms with Crippen molar-refractivity contribution in [2.75, 3.05) is 0 Å². The van der Waals surface area contributed by atoms with Crippen molar-refractivity contribution in [3.05, 3.63) is 17.7 Å². The fraction of sp³-hybridized carbons (Fsp3) is 0.692. The quantitative estimate of drug-likeness (QED) is 0.453. The lowest BCUT2D eigenvalue weighted by Crippen LogP contribution is -2.30. The minimum absolute atomic E-state index is 0.167. The molecule has 1 rings (SSSR count). The number of amidine groups is 1. The fourth-order valence-corrected chi connectivity index (χ4v) is 1.75. The van der Waals surface area contributed by atoms with Crippen LogP contribution >= 0.6 is 0 Å². The van der Waals surface area contributed by atoms with Gasteiger partial charge in [-0.1, -0.05) is 20.3 Å². The van der Waals surface area contributed by atoms with Gasteiger partial charge in [0.05, 0.1) is 17.9 Å². The van der Waals surface area contributed by atoms with Crippen LogP contribution in [0.4, 0.5) is 0 Å². The molecule has 96 valence electrons. The number of aryl methyl sites for hydroxylation is 2. The van der Waals surface area contributed by atoms with Crippen molar-refractivity contribution in [3.63, 3.8) is 0 Å². The lowest BCUT2D eigenvalue weighted by atomic mass is 9.86. The van der Waals surface area contributed by atoms with E-state index in [-0.39, 0.29) is 11.3 Å². The van der Waals surface area contributed by atoms with E-state index in [1.54, 1.807) is 0 Å². The average molecular weight is 236 g/mol. The molecule has 0 saturated carbocycles. The third kappa shape index (κ3) is 3.58. The smallest absolute Gasteiger partial charge is 0.0963 e. The number of unbranched alkanes of at least 4 members (excludes halogenated alkanes) is 1. The molecule has 1 aromatic rings. The highest BCUT2D eigenvalue weighted by molar-refractivity contribution is 5.82. The molecule has 0 saturated heterocycles. The summed E-state index contributed by atoms with van der Waals surface area (Å²) in [6.07, 6.45) is 5.06. The van der Waals surface area contributed by atoms with Crippen LogP contribution in [0, 0.1) is 24.7 Å². The van der Waals surface area contributed by atoms with Crippen LogP contribution in [0.15, 0.2) is 6.33 Å². The Bertz CT molecular complexity index is 390. The molecule has 0 spiro atoms. The van der Waals surface area contributed by atoms with E-state index in [1.807, 2.05) is 27.1 Å². The van der Waals surface area contributed by atoms with Crippen LogP contribution in [-0.4, -0.2) is 15.4 Å². The van der Waals surface area contributed by atoms with Crippen LogP contribution in [0.3, 0.4) is 0 Å². The number of hydrogen-bond donors (Lipinski definition) is 2. The highest BCUT2D eigenvalue weighted by Gasteiger charge is 2.20. The molecule has 0 radical (unpaired) electrons. The first-order valence-corrected chi connectivity index (χ1v) is 6.17. The Morgan fingerprint density at radius 2 is 2.06 bits per heavy atom. The minimum atomic E-state index is -0.167. The van der Waals surface area contributed by atoms with Gasteiger partial charge in [0.15, 0.2) is 0 Å². The van der Waals surface area contributed by atoms with E-state index >= 15 is 0 Å². The van der Waals surface area contributed by atoms with E-state index < -0.39 is 0 Å². The Hall–Kier alpha value is -1.32. The molecule has 0 amide bonds. The Kier molecular flexibility index (Phi) is 4.32. The number of aromatic nitrogens is 2. The molecule has 1 heterocycles. The van der Waals surface area contributed by atoms with Crippen molar-refractivity contribution in [3.8, 4) is 0 Å². The summed E-state index contributed by atoms with van der Waals surface area (Å²) < 4.78 is 2.19. The van der Waals surface area contributed by atoms with E-state index in [0.717, 1.165) is 31.5 Å². The van der Waals surface area contributed by atoms with Gasteiger partial charge in [-0.25, -0.2) is 4.98 Å². The molecule has 0 aliphatic rings. The Morgan fingerprint density at radius 3 is 2.53 bits per heavy atom. The summed E-state index contributed by atoms with van der Waals surface area (Å²) in [4.78, 5) is 4.28. The summed E-state index contributed by atoms with van der Waals surface area (Å²) >= 11 is 0. The first kappa shape index (κ1) is 13.7. The molecule has 0 aromatic carbocycles. The lowest BCUT2D eigenvalue weighted by molar-refractivity contribution is 0.429. The standard InChI is InChI=1S/C13H24N4/c1-10-11(2)17(9-16-10)8-6-5-7-13(3,4)12(14)15/h9H,5-8H2,1-4H3,(H3,14,15). The Balaban J connectivity index is 2.34. The predicted octanol–water partition coefficient (Wildman–Crippen LogP) is 2.63. The van der Waals surface area contributed by atoms with Crippen molar-refractivity contribution in [1.82, 2.24) is 9.55 Å². The molecule has 0 atom stereocenters. The van der Waals surface area contributed by atoms with Crippen LogP contribution in [-0.2, 0) is 6.54 Å². The second-order valence-corrected chi connectivity index (χ2v) is 5.36. The third-order valence-corrected chi connectivity index (χ3v) is 3.53. The highest BCUT2D eigenvalue weighted by Crippen LogP contribution is 2.22. The molecule has 3 N–H and O–H groups in total. The molecule has 0 aliphatic carbocycles. The number of hydrogen-bond acceptors (Lipinski definition) is 2. The Morgan fingerprint density at radius 1 is 1.41 bits per heavy atom. The van der Waals surface area contributed by atoms with Gasteiger partial charge in [0.1, 0.15) is 0 Å². The van der Waals surface area contributed by atoms with E-state index in [0.29, 0.717) is 0 Å². The lowest BCUT2D eigenvalue weighted by Gasteiger charge is -2.22. The fourth-order valence-electron chi connectivity index (χ4n) is 1.75. The third-order valence-electron chi connectivity index (χ3n) is 3.53. The molecule has 1 aromatic heterocycles. The van der Waals surface area contributed by atoms with E-state index in [1.165, 1.54) is 5.69 Å². The van der Waals surface area contributed by atoms with Gasteiger partial charge in [-0.3, -0.25) is 5.41 Å². The molecule has 0 fully saturated rings. The molecular formula is C13H24N4. The average Bonchev–Trinajstić information content (AvgIpc) is 2.55. The molecule has 0 bridgehead atoms. The molecule has 4 heteroatoms. The molecule has 4 nitrogen and oxygen atoms in total. The van der Waals surface area contributed by atoms with E-state index in [4.69, 9.17) is 11.1 Å². The summed E-state index contributed by atoms with van der Waals surface area (Å²) in [5.74, 6) is 0.284. The number of nitrogens with zero attached hydrogens (tertiary/aromatic N) is 2. The van der Waals surface area contributed by atoms with Gasteiger partial charge in [-0.2, -0.15) is 0 Å². The van der Waals surface area contributed by atoms with Crippen LogP contribution in [0.25, 0.3) is 0 Å². The molecular weight excluding hydrogens is 212 g/mol. The second-order valence-electron chi connectivity index (χ2n) is 5.36. The summed E-state index contributed by atoms with van der Waals surface area (Å²) in [7, 11) is 0. The first-order chi connectivity index (χ1) is 7.84. The van der Waals surface area contributed by atoms with E-state index in [9.17, 15) is 0 Å². The van der Waals surface area contributed by atoms with Crippen molar-refractivity contribution in [1.29, 1.82) is 5.41 Å². The van der Waals surface area contributed by atoms with Gasteiger partial charge in [0, 0.05) is 17.7 Å². The maximum atomic E-state index is 7.50. The molecule has 17 heavy (non-hydrogen) atoms. The minimum Gasteiger partial charge on any atom is -0.387 e. The zero-order chi connectivity index (χ0) is 13.1. The van der Waals surface area contributed by atoms with Crippen LogP contribution in [0.5, 0.6) is 0 Å². The summed E-state index contributed by atoms with van der Waals surface area (Å²) in [6, 6.07) is 0. The van der Waals surface area contributed by atoms with Crippen molar-refractivity contribution in [2.45, 2.75) is 53.5 Å². The number of nitrogens with two attached hydrogens (primary N) is 1. The first-order valence-electron chi connectivity index (χ1n) is 6.17. The number of imidazole rings is 1. The maximum Gasteiger partial charge on any atom is 0.0963 e. The topological polar surface area (TPSA) is 67.7 Å². The molecule has 0 aliphatic heterocycles. The number of rotatable bonds is 6. The van der Waals surface area contributed by atoms with Gasteiger partial charge in [-0.05, 0) is 26.7 Å². The van der Waals surface area contributed by atoms with Crippen LogP contribution in [0.1, 0.15) is 44.5 Å². The Labute approximate surface area is 104 Å². The van der Waals surface area contributed by atoms with Gasteiger partial charge in [0.25, 0.3) is 0 Å². The SMILES string of the molecule is Cc1ncn(CCCCC(C)(C)C(=N)N)c1C. The van der Waals surface area contributed by atoms with Crippen molar-refractivity contribution >= 4 is 5.84 Å². The normalized spacial score (nSPS) is 11.8. The van der Waals surface area contributed by atoms with Crippen LogP contribution in [0.2, 0.25) is 0 Å². The molecule has 0 unspecified atom stereocenters. The van der Waals surface area contributed by atoms with E-state index in [2.05, 4.69) is 16.5 Å². The summed E-state index contributed by atoms with van der Waals surface area (Å²) in [5.41, 5.74) is 7.74. The second kappa shape index (κ2) is 5.34. The summed E-state index contributed by atoms with van der Waals surface area (Å²) in [5, 5.41) is 7.50. The number of nitrogens with one attached hydrogen (secondary N) is 1. The highest BCUT2D eigenvalue weighted by atomic mass is 15.0. The summed E-state index contributed by atoms with van der Waals surface area (Å²) in [6.45, 7) is 9.19. The zero-order valence-electron chi connectivity index (χ0n) is 11.4.